The number of hydrogen-bond acceptors (Lipinski definition) is 3. The van der Waals surface area contributed by atoms with Gasteiger partial charge in [0.1, 0.15) is 0 Å². The molecule has 4 heteroatoms. The average Bonchev–Trinajstić information content (AvgIpc) is 3.14. The van der Waals surface area contributed by atoms with Crippen LogP contribution in [0.2, 0.25) is 0 Å². The van der Waals surface area contributed by atoms with E-state index in [2.05, 4.69) is 45.5 Å². The van der Waals surface area contributed by atoms with Gasteiger partial charge >= 0.3 is 0 Å². The Morgan fingerprint density at radius 3 is 2.70 bits per heavy atom. The molecule has 2 atom stereocenters. The second-order valence-corrected chi connectivity index (χ2v) is 6.70. The Kier molecular flexibility index (Phi) is 5.10. The molecule has 1 N–H and O–H groups in total. The zero-order valence-corrected chi connectivity index (χ0v) is 13.3. The Morgan fingerprint density at radius 2 is 2.05 bits per heavy atom. The van der Waals surface area contributed by atoms with E-state index >= 15 is 0 Å². The highest BCUT2D eigenvalue weighted by Gasteiger charge is 2.24. The van der Waals surface area contributed by atoms with Crippen molar-refractivity contribution < 1.29 is 9.47 Å². The Morgan fingerprint density at radius 1 is 1.25 bits per heavy atom. The van der Waals surface area contributed by atoms with Crippen molar-refractivity contribution in [2.75, 3.05) is 26.4 Å². The lowest BCUT2D eigenvalue weighted by molar-refractivity contribution is 0.0252. The first-order valence-corrected chi connectivity index (χ1v) is 8.29. The van der Waals surface area contributed by atoms with E-state index in [1.165, 1.54) is 18.4 Å². The van der Waals surface area contributed by atoms with Crippen molar-refractivity contribution in [1.82, 2.24) is 5.32 Å². The molecular formula is C16H22BrNO2. The van der Waals surface area contributed by atoms with Crippen LogP contribution in [0.4, 0.5) is 0 Å². The highest BCUT2D eigenvalue weighted by Crippen LogP contribution is 2.24. The molecule has 0 aromatic heterocycles. The lowest BCUT2D eigenvalue weighted by atomic mass is 10.1. The molecule has 2 aliphatic rings. The smallest absolute Gasteiger partial charge is 0.0949 e. The SMILES string of the molecule is Brc1ccc(C(CNC2CC2)OCC2CCOC2)cc1. The van der Waals surface area contributed by atoms with Crippen LogP contribution in [0.3, 0.4) is 0 Å². The molecule has 3 nitrogen and oxygen atoms in total. The van der Waals surface area contributed by atoms with Crippen molar-refractivity contribution in [3.63, 3.8) is 0 Å². The predicted molar refractivity (Wildman–Crippen MR) is 82.8 cm³/mol. The number of ether oxygens (including phenoxy) is 2. The Bertz CT molecular complexity index is 413. The Labute approximate surface area is 129 Å². The van der Waals surface area contributed by atoms with Gasteiger partial charge in [0.15, 0.2) is 0 Å². The summed E-state index contributed by atoms with van der Waals surface area (Å²) in [6, 6.07) is 9.18. The molecular weight excluding hydrogens is 318 g/mol. The fraction of sp³-hybridized carbons (Fsp3) is 0.625. The maximum atomic E-state index is 6.17. The van der Waals surface area contributed by atoms with Gasteiger partial charge in [-0.25, -0.2) is 0 Å². The van der Waals surface area contributed by atoms with Crippen LogP contribution in [-0.4, -0.2) is 32.4 Å². The minimum absolute atomic E-state index is 0.143. The normalized spacial score (nSPS) is 23.9. The molecule has 1 aliphatic heterocycles. The molecule has 3 rings (SSSR count). The van der Waals surface area contributed by atoms with Crippen molar-refractivity contribution in [2.24, 2.45) is 5.92 Å². The van der Waals surface area contributed by atoms with Crippen LogP contribution in [0.1, 0.15) is 30.9 Å². The van der Waals surface area contributed by atoms with Crippen molar-refractivity contribution in [1.29, 1.82) is 0 Å². The maximum Gasteiger partial charge on any atom is 0.0949 e. The first-order valence-electron chi connectivity index (χ1n) is 7.49. The molecule has 2 fully saturated rings. The maximum absolute atomic E-state index is 6.17. The quantitative estimate of drug-likeness (QED) is 0.826. The van der Waals surface area contributed by atoms with Crippen molar-refractivity contribution in [2.45, 2.75) is 31.4 Å². The van der Waals surface area contributed by atoms with Crippen LogP contribution in [0.15, 0.2) is 28.7 Å². The van der Waals surface area contributed by atoms with Gasteiger partial charge in [-0.15, -0.1) is 0 Å². The molecule has 0 radical (unpaired) electrons. The zero-order valence-electron chi connectivity index (χ0n) is 11.7. The van der Waals surface area contributed by atoms with Gasteiger partial charge in [-0.2, -0.15) is 0 Å². The molecule has 0 amide bonds. The van der Waals surface area contributed by atoms with Crippen molar-refractivity contribution in [3.8, 4) is 0 Å². The third-order valence-electron chi connectivity index (χ3n) is 3.97. The molecule has 110 valence electrons. The topological polar surface area (TPSA) is 30.5 Å². The molecule has 1 aromatic rings. The number of nitrogens with one attached hydrogen (secondary N) is 1. The van der Waals surface area contributed by atoms with E-state index in [9.17, 15) is 0 Å². The highest BCUT2D eigenvalue weighted by atomic mass is 79.9. The van der Waals surface area contributed by atoms with Gasteiger partial charge in [0.25, 0.3) is 0 Å². The Balaban J connectivity index is 1.57. The standard InChI is InChI=1S/C16H22BrNO2/c17-14-3-1-13(2-4-14)16(9-18-15-5-6-15)20-11-12-7-8-19-10-12/h1-4,12,15-16,18H,5-11H2. The summed E-state index contributed by atoms with van der Waals surface area (Å²) in [5.74, 6) is 0.564. The second kappa shape index (κ2) is 7.03. The first kappa shape index (κ1) is 14.5. The zero-order chi connectivity index (χ0) is 13.8. The summed E-state index contributed by atoms with van der Waals surface area (Å²) in [5, 5.41) is 3.58. The Hall–Kier alpha value is -0.420. The summed E-state index contributed by atoms with van der Waals surface area (Å²) in [5.41, 5.74) is 1.25. The molecule has 1 saturated carbocycles. The number of benzene rings is 1. The van der Waals surface area contributed by atoms with E-state index in [4.69, 9.17) is 9.47 Å². The molecule has 1 aromatic carbocycles. The highest BCUT2D eigenvalue weighted by molar-refractivity contribution is 9.10. The lowest BCUT2D eigenvalue weighted by Crippen LogP contribution is -2.26. The minimum Gasteiger partial charge on any atom is -0.381 e. The summed E-state index contributed by atoms with van der Waals surface area (Å²) in [4.78, 5) is 0. The number of halogens is 1. The summed E-state index contributed by atoms with van der Waals surface area (Å²) in [6.45, 7) is 3.44. The van der Waals surface area contributed by atoms with Gasteiger partial charge < -0.3 is 14.8 Å². The molecule has 20 heavy (non-hydrogen) atoms. The van der Waals surface area contributed by atoms with E-state index in [0.717, 1.165) is 37.3 Å². The van der Waals surface area contributed by atoms with Crippen LogP contribution in [0.25, 0.3) is 0 Å². The fourth-order valence-electron chi connectivity index (χ4n) is 2.48. The average molecular weight is 340 g/mol. The van der Waals surface area contributed by atoms with E-state index < -0.39 is 0 Å². The first-order chi connectivity index (χ1) is 9.81. The van der Waals surface area contributed by atoms with Crippen molar-refractivity contribution in [3.05, 3.63) is 34.3 Å². The third-order valence-corrected chi connectivity index (χ3v) is 4.50. The number of hydrogen-bond donors (Lipinski definition) is 1. The third kappa shape index (κ3) is 4.29. The van der Waals surface area contributed by atoms with Gasteiger partial charge in [0.05, 0.1) is 19.3 Å². The van der Waals surface area contributed by atoms with Gasteiger partial charge in [0.2, 0.25) is 0 Å². The largest absolute Gasteiger partial charge is 0.381 e. The summed E-state index contributed by atoms with van der Waals surface area (Å²) >= 11 is 3.49. The molecule has 0 bridgehead atoms. The van der Waals surface area contributed by atoms with Crippen molar-refractivity contribution >= 4 is 15.9 Å². The lowest BCUT2D eigenvalue weighted by Gasteiger charge is -2.21. The fourth-order valence-corrected chi connectivity index (χ4v) is 2.74. The van der Waals surface area contributed by atoms with Crippen LogP contribution in [0.5, 0.6) is 0 Å². The van der Waals surface area contributed by atoms with Gasteiger partial charge in [-0.3, -0.25) is 0 Å². The summed E-state index contributed by atoms with van der Waals surface area (Å²) in [6.07, 6.45) is 3.89. The van der Waals surface area contributed by atoms with Gasteiger partial charge in [-0.05, 0) is 37.0 Å². The molecule has 1 heterocycles. The van der Waals surface area contributed by atoms with Gasteiger partial charge in [-0.1, -0.05) is 28.1 Å². The minimum atomic E-state index is 0.143. The monoisotopic (exact) mass is 339 g/mol. The molecule has 0 spiro atoms. The molecule has 2 unspecified atom stereocenters. The van der Waals surface area contributed by atoms with Crippen LogP contribution < -0.4 is 5.32 Å². The second-order valence-electron chi connectivity index (χ2n) is 5.79. The van der Waals surface area contributed by atoms with E-state index in [1.54, 1.807) is 0 Å². The van der Waals surface area contributed by atoms with Gasteiger partial charge in [0, 0.05) is 29.6 Å². The van der Waals surface area contributed by atoms with E-state index in [-0.39, 0.29) is 6.10 Å². The van der Waals surface area contributed by atoms with Crippen LogP contribution in [-0.2, 0) is 9.47 Å². The van der Waals surface area contributed by atoms with Crippen LogP contribution in [0, 0.1) is 5.92 Å². The van der Waals surface area contributed by atoms with Crippen LogP contribution >= 0.6 is 15.9 Å². The number of rotatable bonds is 7. The predicted octanol–water partition coefficient (Wildman–Crippen LogP) is 3.30. The van der Waals surface area contributed by atoms with E-state index in [1.807, 2.05) is 0 Å². The molecule has 1 saturated heterocycles. The van der Waals surface area contributed by atoms with E-state index in [0.29, 0.717) is 12.0 Å². The molecule has 1 aliphatic carbocycles. The summed E-state index contributed by atoms with van der Waals surface area (Å²) in [7, 11) is 0. The summed E-state index contributed by atoms with van der Waals surface area (Å²) < 4.78 is 12.7.